The summed E-state index contributed by atoms with van der Waals surface area (Å²) in [6, 6.07) is 0. The Morgan fingerprint density at radius 2 is 1.95 bits per heavy atom. The zero-order valence-corrected chi connectivity index (χ0v) is 14.5. The number of nitrogens with one attached hydrogen (secondary N) is 1. The lowest BCUT2D eigenvalue weighted by Crippen LogP contribution is -2.33. The Hall–Kier alpha value is -1.32. The molecule has 4 nitrogen and oxygen atoms in total. The summed E-state index contributed by atoms with van der Waals surface area (Å²) < 4.78 is 0. The van der Waals surface area contributed by atoms with Gasteiger partial charge in [-0.25, -0.2) is 0 Å². The summed E-state index contributed by atoms with van der Waals surface area (Å²) in [4.78, 5) is 25.8. The molecule has 0 aromatic rings. The molecule has 4 heteroatoms. The number of amides is 2. The van der Waals surface area contributed by atoms with Crippen LogP contribution in [0.5, 0.6) is 0 Å². The topological polar surface area (TPSA) is 49.4 Å². The predicted octanol–water partition coefficient (Wildman–Crippen LogP) is 3.28. The van der Waals surface area contributed by atoms with Crippen LogP contribution >= 0.6 is 0 Å². The Labute approximate surface area is 135 Å². The van der Waals surface area contributed by atoms with Crippen LogP contribution in [0, 0.1) is 5.92 Å². The Bertz CT molecular complexity index is 387. The predicted molar refractivity (Wildman–Crippen MR) is 90.5 cm³/mol. The van der Waals surface area contributed by atoms with Gasteiger partial charge in [-0.15, -0.1) is 0 Å². The fraction of sp³-hybridized carbons (Fsp3) is 0.778. The van der Waals surface area contributed by atoms with E-state index in [-0.39, 0.29) is 17.7 Å². The van der Waals surface area contributed by atoms with E-state index in [4.69, 9.17) is 0 Å². The average molecular weight is 308 g/mol. The van der Waals surface area contributed by atoms with Crippen molar-refractivity contribution in [2.24, 2.45) is 5.92 Å². The maximum Gasteiger partial charge on any atom is 0.222 e. The third-order valence-corrected chi connectivity index (χ3v) is 4.33. The van der Waals surface area contributed by atoms with Crippen molar-refractivity contribution in [3.05, 3.63) is 11.6 Å². The van der Waals surface area contributed by atoms with Crippen LogP contribution in [0.15, 0.2) is 11.6 Å². The van der Waals surface area contributed by atoms with Crippen molar-refractivity contribution in [2.45, 2.75) is 65.7 Å². The standard InChI is InChI=1S/C18H32N2O2/c1-4-20(5-2)18(22)14-15(3)13-17(21)19-12-11-16-9-7-6-8-10-16/h9,15H,4-8,10-14H2,1-3H3,(H,19,21). The number of nitrogens with zero attached hydrogens (tertiary/aromatic N) is 1. The summed E-state index contributed by atoms with van der Waals surface area (Å²) >= 11 is 0. The lowest BCUT2D eigenvalue weighted by molar-refractivity contribution is -0.132. The van der Waals surface area contributed by atoms with E-state index in [0.717, 1.165) is 26.1 Å². The van der Waals surface area contributed by atoms with Gasteiger partial charge in [0.2, 0.25) is 11.8 Å². The smallest absolute Gasteiger partial charge is 0.222 e. The quantitative estimate of drug-likeness (QED) is 0.665. The van der Waals surface area contributed by atoms with Crippen molar-refractivity contribution < 1.29 is 9.59 Å². The molecule has 22 heavy (non-hydrogen) atoms. The van der Waals surface area contributed by atoms with Crippen molar-refractivity contribution in [1.29, 1.82) is 0 Å². The van der Waals surface area contributed by atoms with Crippen molar-refractivity contribution in [1.82, 2.24) is 10.2 Å². The van der Waals surface area contributed by atoms with Crippen LogP contribution in [0.25, 0.3) is 0 Å². The number of carbonyl (C=O) groups is 2. The SMILES string of the molecule is CCN(CC)C(=O)CC(C)CC(=O)NCCC1=CCCCC1. The summed E-state index contributed by atoms with van der Waals surface area (Å²) in [5, 5.41) is 2.99. The Morgan fingerprint density at radius 1 is 1.23 bits per heavy atom. The molecule has 126 valence electrons. The second kappa shape index (κ2) is 10.4. The molecule has 0 saturated carbocycles. The Morgan fingerprint density at radius 3 is 2.55 bits per heavy atom. The fourth-order valence-electron chi connectivity index (χ4n) is 2.96. The lowest BCUT2D eigenvalue weighted by Gasteiger charge is -2.20. The van der Waals surface area contributed by atoms with Gasteiger partial charge >= 0.3 is 0 Å². The highest BCUT2D eigenvalue weighted by Crippen LogP contribution is 2.19. The molecule has 0 spiro atoms. The normalized spacial score (nSPS) is 15.9. The average Bonchev–Trinajstić information content (AvgIpc) is 2.49. The van der Waals surface area contributed by atoms with E-state index in [2.05, 4.69) is 11.4 Å². The van der Waals surface area contributed by atoms with E-state index in [9.17, 15) is 9.59 Å². The van der Waals surface area contributed by atoms with Gasteiger partial charge in [0.1, 0.15) is 0 Å². The van der Waals surface area contributed by atoms with Gasteiger partial charge in [0.25, 0.3) is 0 Å². The zero-order valence-electron chi connectivity index (χ0n) is 14.5. The van der Waals surface area contributed by atoms with Crippen LogP contribution < -0.4 is 5.32 Å². The van der Waals surface area contributed by atoms with Crippen LogP contribution in [-0.2, 0) is 9.59 Å². The van der Waals surface area contributed by atoms with Gasteiger partial charge < -0.3 is 10.2 Å². The van der Waals surface area contributed by atoms with E-state index < -0.39 is 0 Å². The molecule has 0 fully saturated rings. The molecule has 1 aliphatic carbocycles. The van der Waals surface area contributed by atoms with Gasteiger partial charge in [-0.1, -0.05) is 18.6 Å². The first-order valence-electron chi connectivity index (χ1n) is 8.79. The molecule has 1 N–H and O–H groups in total. The van der Waals surface area contributed by atoms with Crippen molar-refractivity contribution >= 4 is 11.8 Å². The van der Waals surface area contributed by atoms with Crippen molar-refractivity contribution in [3.8, 4) is 0 Å². The summed E-state index contributed by atoms with van der Waals surface area (Å²) in [5.74, 6) is 0.316. The van der Waals surface area contributed by atoms with E-state index in [0.29, 0.717) is 12.8 Å². The first-order valence-corrected chi connectivity index (χ1v) is 8.79. The third-order valence-electron chi connectivity index (χ3n) is 4.33. The van der Waals surface area contributed by atoms with Crippen LogP contribution in [0.3, 0.4) is 0 Å². The van der Waals surface area contributed by atoms with E-state index in [1.54, 1.807) is 0 Å². The summed E-state index contributed by atoms with van der Waals surface area (Å²) in [5.41, 5.74) is 1.48. The molecule has 0 heterocycles. The van der Waals surface area contributed by atoms with Crippen molar-refractivity contribution in [3.63, 3.8) is 0 Å². The highest BCUT2D eigenvalue weighted by molar-refractivity contribution is 5.79. The van der Waals surface area contributed by atoms with Gasteiger partial charge in [0.15, 0.2) is 0 Å². The molecule has 1 atom stereocenters. The van der Waals surface area contributed by atoms with E-state index in [1.807, 2.05) is 25.7 Å². The summed E-state index contributed by atoms with van der Waals surface area (Å²) in [6.07, 6.45) is 9.14. The number of hydrogen-bond donors (Lipinski definition) is 1. The minimum atomic E-state index is 0.0660. The number of carbonyl (C=O) groups excluding carboxylic acids is 2. The molecule has 1 rings (SSSR count). The highest BCUT2D eigenvalue weighted by atomic mass is 16.2. The molecule has 1 aliphatic rings. The molecule has 0 bridgehead atoms. The van der Waals surface area contributed by atoms with Gasteiger partial charge in [-0.2, -0.15) is 0 Å². The largest absolute Gasteiger partial charge is 0.356 e. The maximum atomic E-state index is 12.0. The molecular weight excluding hydrogens is 276 g/mol. The lowest BCUT2D eigenvalue weighted by atomic mass is 9.97. The van der Waals surface area contributed by atoms with Crippen LogP contribution in [0.1, 0.15) is 65.7 Å². The molecule has 2 amide bonds. The van der Waals surface area contributed by atoms with Gasteiger partial charge in [0.05, 0.1) is 0 Å². The summed E-state index contributed by atoms with van der Waals surface area (Å²) in [7, 11) is 0. The number of rotatable bonds is 9. The zero-order chi connectivity index (χ0) is 16.4. The summed E-state index contributed by atoms with van der Waals surface area (Å²) in [6.45, 7) is 8.15. The molecule has 0 saturated heterocycles. The Balaban J connectivity index is 2.20. The minimum absolute atomic E-state index is 0.0660. The van der Waals surface area contributed by atoms with E-state index in [1.165, 1.54) is 31.3 Å². The highest BCUT2D eigenvalue weighted by Gasteiger charge is 2.16. The molecular formula is C18H32N2O2. The van der Waals surface area contributed by atoms with Crippen LogP contribution in [0.4, 0.5) is 0 Å². The van der Waals surface area contributed by atoms with Crippen molar-refractivity contribution in [2.75, 3.05) is 19.6 Å². The van der Waals surface area contributed by atoms with E-state index >= 15 is 0 Å². The van der Waals surface area contributed by atoms with Crippen LogP contribution in [-0.4, -0.2) is 36.3 Å². The van der Waals surface area contributed by atoms with Gasteiger partial charge in [-0.05, 0) is 51.9 Å². The van der Waals surface area contributed by atoms with Gasteiger partial charge in [-0.3, -0.25) is 9.59 Å². The first kappa shape index (κ1) is 18.7. The third kappa shape index (κ3) is 7.10. The molecule has 0 aliphatic heterocycles. The van der Waals surface area contributed by atoms with Crippen LogP contribution in [0.2, 0.25) is 0 Å². The molecule has 1 unspecified atom stereocenters. The molecule has 0 aromatic carbocycles. The molecule has 0 aromatic heterocycles. The Kier molecular flexibility index (Phi) is 8.86. The second-order valence-corrected chi connectivity index (χ2v) is 6.29. The van der Waals surface area contributed by atoms with Gasteiger partial charge in [0, 0.05) is 32.5 Å². The first-order chi connectivity index (χ1) is 10.6. The maximum absolute atomic E-state index is 12.0. The second-order valence-electron chi connectivity index (χ2n) is 6.29. The number of allylic oxidation sites excluding steroid dienone is 1. The fourth-order valence-corrected chi connectivity index (χ4v) is 2.96. The molecule has 0 radical (unpaired) electrons. The number of hydrogen-bond acceptors (Lipinski definition) is 2. The monoisotopic (exact) mass is 308 g/mol. The minimum Gasteiger partial charge on any atom is -0.356 e.